The second-order valence-corrected chi connectivity index (χ2v) is 6.22. The lowest BCUT2D eigenvalue weighted by molar-refractivity contribution is -0.380. The van der Waals surface area contributed by atoms with Crippen LogP contribution in [0.2, 0.25) is 0 Å². The van der Waals surface area contributed by atoms with E-state index in [-0.39, 0.29) is 9.92 Å². The van der Waals surface area contributed by atoms with Gasteiger partial charge in [-0.05, 0) is 29.9 Å². The number of nitro groups is 1. The molecule has 0 fully saturated rings. The van der Waals surface area contributed by atoms with Gasteiger partial charge in [0.2, 0.25) is 0 Å². The van der Waals surface area contributed by atoms with Crippen molar-refractivity contribution < 1.29 is 4.92 Å². The third-order valence-electron chi connectivity index (χ3n) is 3.24. The summed E-state index contributed by atoms with van der Waals surface area (Å²) in [6.45, 7) is 10.6. The van der Waals surface area contributed by atoms with Gasteiger partial charge in [-0.25, -0.2) is 0 Å². The minimum Gasteiger partial charge on any atom is -0.312 e. The number of hydrogen-bond donors (Lipinski definition) is 1. The maximum atomic E-state index is 10.6. The molecule has 0 aliphatic heterocycles. The molecule has 0 aliphatic carbocycles. The average molecular weight is 270 g/mol. The molecule has 0 bridgehead atoms. The molecule has 1 heterocycles. The zero-order valence-electron chi connectivity index (χ0n) is 11.5. The fourth-order valence-electron chi connectivity index (χ4n) is 2.18. The normalized spacial score (nSPS) is 11.7. The second kappa shape index (κ2) is 6.85. The van der Waals surface area contributed by atoms with E-state index in [1.807, 2.05) is 5.38 Å². The molecule has 4 nitrogen and oxygen atoms in total. The van der Waals surface area contributed by atoms with E-state index in [0.29, 0.717) is 24.3 Å². The highest BCUT2D eigenvalue weighted by atomic mass is 32.1. The number of thiophene rings is 1. The van der Waals surface area contributed by atoms with E-state index in [4.69, 9.17) is 0 Å². The molecule has 0 radical (unpaired) electrons. The van der Waals surface area contributed by atoms with Gasteiger partial charge in [0.1, 0.15) is 0 Å². The highest BCUT2D eigenvalue weighted by molar-refractivity contribution is 7.13. The van der Waals surface area contributed by atoms with E-state index in [1.165, 1.54) is 11.3 Å². The first-order valence-electron chi connectivity index (χ1n) is 6.34. The van der Waals surface area contributed by atoms with Crippen molar-refractivity contribution in [3.05, 3.63) is 27.1 Å². The van der Waals surface area contributed by atoms with E-state index in [2.05, 4.69) is 33.0 Å². The zero-order valence-corrected chi connectivity index (χ0v) is 12.3. The van der Waals surface area contributed by atoms with Crippen LogP contribution in [0.15, 0.2) is 11.4 Å². The lowest BCUT2D eigenvalue weighted by atomic mass is 9.85. The molecule has 0 amide bonds. The number of hydrogen-bond acceptors (Lipinski definition) is 4. The van der Waals surface area contributed by atoms with E-state index in [9.17, 15) is 10.1 Å². The van der Waals surface area contributed by atoms with Crippen LogP contribution < -0.4 is 5.32 Å². The van der Waals surface area contributed by atoms with Crippen molar-refractivity contribution >= 4 is 16.3 Å². The van der Waals surface area contributed by atoms with E-state index in [0.717, 1.165) is 12.1 Å². The predicted molar refractivity (Wildman–Crippen MR) is 75.8 cm³/mol. The van der Waals surface area contributed by atoms with Gasteiger partial charge in [-0.1, -0.05) is 39.0 Å². The van der Waals surface area contributed by atoms with Crippen molar-refractivity contribution in [2.45, 2.75) is 34.2 Å². The van der Waals surface area contributed by atoms with Gasteiger partial charge < -0.3 is 5.32 Å². The smallest absolute Gasteiger partial charge is 0.312 e. The average Bonchev–Trinajstić information content (AvgIpc) is 2.71. The van der Waals surface area contributed by atoms with Crippen molar-refractivity contribution in [2.75, 3.05) is 6.54 Å². The first kappa shape index (κ1) is 15.1. The van der Waals surface area contributed by atoms with Crippen LogP contribution in [0.5, 0.6) is 0 Å². The Kier molecular flexibility index (Phi) is 5.75. The molecule has 0 aromatic carbocycles. The molecule has 0 unspecified atom stereocenters. The van der Waals surface area contributed by atoms with Crippen molar-refractivity contribution in [3.8, 4) is 0 Å². The van der Waals surface area contributed by atoms with E-state index < -0.39 is 0 Å². The van der Waals surface area contributed by atoms with Crippen LogP contribution in [0.3, 0.4) is 0 Å². The molecule has 18 heavy (non-hydrogen) atoms. The SMILES string of the molecule is CC(C)C(CNCc1csc([N+](=O)[O-])c1)C(C)C. The molecule has 5 heteroatoms. The van der Waals surface area contributed by atoms with Crippen molar-refractivity contribution in [3.63, 3.8) is 0 Å². The van der Waals surface area contributed by atoms with Crippen LogP contribution in [0, 0.1) is 27.9 Å². The van der Waals surface area contributed by atoms with E-state index in [1.54, 1.807) is 6.07 Å². The minimum absolute atomic E-state index is 0.219. The highest BCUT2D eigenvalue weighted by Crippen LogP contribution is 2.23. The molecule has 0 saturated carbocycles. The van der Waals surface area contributed by atoms with Crippen LogP contribution >= 0.6 is 11.3 Å². The minimum atomic E-state index is -0.334. The molecule has 1 aromatic rings. The maximum absolute atomic E-state index is 10.6. The van der Waals surface area contributed by atoms with Gasteiger partial charge in [-0.3, -0.25) is 10.1 Å². The fourth-order valence-corrected chi connectivity index (χ4v) is 2.90. The Bertz CT molecular complexity index is 380. The largest absolute Gasteiger partial charge is 0.324 e. The summed E-state index contributed by atoms with van der Waals surface area (Å²) in [4.78, 5) is 10.2. The number of rotatable bonds is 7. The van der Waals surface area contributed by atoms with Gasteiger partial charge in [0, 0.05) is 18.0 Å². The number of nitrogens with one attached hydrogen (secondary N) is 1. The summed E-state index contributed by atoms with van der Waals surface area (Å²) in [5, 5.41) is 16.0. The topological polar surface area (TPSA) is 55.2 Å². The van der Waals surface area contributed by atoms with Crippen LogP contribution in [0.1, 0.15) is 33.3 Å². The maximum Gasteiger partial charge on any atom is 0.324 e. The molecule has 1 aromatic heterocycles. The summed E-state index contributed by atoms with van der Waals surface area (Å²) in [5.41, 5.74) is 0.998. The molecular weight excluding hydrogens is 248 g/mol. The first-order valence-corrected chi connectivity index (χ1v) is 7.22. The molecular formula is C13H22N2O2S. The van der Waals surface area contributed by atoms with E-state index >= 15 is 0 Å². The second-order valence-electron chi connectivity index (χ2n) is 5.33. The van der Waals surface area contributed by atoms with Gasteiger partial charge in [0.05, 0.1) is 4.92 Å². The van der Waals surface area contributed by atoms with Crippen molar-refractivity contribution in [2.24, 2.45) is 17.8 Å². The van der Waals surface area contributed by atoms with Crippen molar-refractivity contribution in [1.29, 1.82) is 0 Å². The number of nitrogens with zero attached hydrogens (tertiary/aromatic N) is 1. The summed E-state index contributed by atoms with van der Waals surface area (Å²) in [7, 11) is 0. The summed E-state index contributed by atoms with van der Waals surface area (Å²) < 4.78 is 0. The lowest BCUT2D eigenvalue weighted by Crippen LogP contribution is -2.29. The van der Waals surface area contributed by atoms with Crippen LogP contribution in [0.25, 0.3) is 0 Å². The Morgan fingerprint density at radius 2 is 1.94 bits per heavy atom. The van der Waals surface area contributed by atoms with Gasteiger partial charge in [0.15, 0.2) is 0 Å². The summed E-state index contributed by atoms with van der Waals surface area (Å²) >= 11 is 1.19. The molecule has 1 rings (SSSR count). The first-order chi connectivity index (χ1) is 8.41. The predicted octanol–water partition coefficient (Wildman–Crippen LogP) is 3.67. The molecule has 0 saturated heterocycles. The summed E-state index contributed by atoms with van der Waals surface area (Å²) in [6.07, 6.45) is 0. The van der Waals surface area contributed by atoms with Gasteiger partial charge in [-0.2, -0.15) is 0 Å². The molecule has 1 N–H and O–H groups in total. The van der Waals surface area contributed by atoms with Crippen molar-refractivity contribution in [1.82, 2.24) is 5.32 Å². The summed E-state index contributed by atoms with van der Waals surface area (Å²) in [6, 6.07) is 1.65. The van der Waals surface area contributed by atoms with Gasteiger partial charge in [0.25, 0.3) is 0 Å². The summed E-state index contributed by atoms with van der Waals surface area (Å²) in [5.74, 6) is 1.93. The van der Waals surface area contributed by atoms with Gasteiger partial charge in [-0.15, -0.1) is 0 Å². The molecule has 0 atom stereocenters. The Morgan fingerprint density at radius 1 is 1.33 bits per heavy atom. The fraction of sp³-hybridized carbons (Fsp3) is 0.692. The Morgan fingerprint density at radius 3 is 2.39 bits per heavy atom. The standard InChI is InChI=1S/C13H22N2O2S/c1-9(2)12(10(3)4)7-14-6-11-5-13(15(16)17)18-8-11/h5,8-10,12,14H,6-7H2,1-4H3. The van der Waals surface area contributed by atoms with Gasteiger partial charge >= 0.3 is 5.00 Å². The van der Waals surface area contributed by atoms with Crippen LogP contribution in [0.4, 0.5) is 5.00 Å². The van der Waals surface area contributed by atoms with Crippen LogP contribution in [-0.2, 0) is 6.54 Å². The Labute approximate surface area is 113 Å². The lowest BCUT2D eigenvalue weighted by Gasteiger charge is -2.25. The molecule has 0 aliphatic rings. The monoisotopic (exact) mass is 270 g/mol. The quantitative estimate of drug-likeness (QED) is 0.607. The molecule has 102 valence electrons. The third-order valence-corrected chi connectivity index (χ3v) is 4.17. The Balaban J connectivity index is 2.42. The third kappa shape index (κ3) is 4.38. The Hall–Kier alpha value is -0.940. The molecule has 0 spiro atoms. The highest BCUT2D eigenvalue weighted by Gasteiger charge is 2.17. The zero-order chi connectivity index (χ0) is 13.7. The van der Waals surface area contributed by atoms with Crippen LogP contribution in [-0.4, -0.2) is 11.5 Å².